The highest BCUT2D eigenvalue weighted by Gasteiger charge is 2.32. The summed E-state index contributed by atoms with van der Waals surface area (Å²) in [5, 5.41) is 19.6. The molecular formula is C22H21F2NO4. The molecular weight excluding hydrogens is 380 g/mol. The third-order valence-corrected chi connectivity index (χ3v) is 4.96. The first-order valence-corrected chi connectivity index (χ1v) is 9.18. The second-order valence-corrected chi connectivity index (χ2v) is 7.46. The molecule has 3 rings (SSSR count). The monoisotopic (exact) mass is 401 g/mol. The van der Waals surface area contributed by atoms with Gasteiger partial charge in [0.15, 0.2) is 11.6 Å². The Kier molecular flexibility index (Phi) is 5.42. The van der Waals surface area contributed by atoms with Gasteiger partial charge in [0.25, 0.3) is 5.91 Å². The van der Waals surface area contributed by atoms with Crippen LogP contribution in [-0.4, -0.2) is 26.7 Å². The molecule has 3 aromatic rings. The maximum atomic E-state index is 14.9. The number of aliphatic carboxylic acids is 1. The van der Waals surface area contributed by atoms with Crippen molar-refractivity contribution in [2.75, 3.05) is 0 Å². The lowest BCUT2D eigenvalue weighted by Crippen LogP contribution is -2.17. The van der Waals surface area contributed by atoms with E-state index in [9.17, 15) is 28.6 Å². The van der Waals surface area contributed by atoms with Gasteiger partial charge in [-0.2, -0.15) is 0 Å². The molecule has 0 unspecified atom stereocenters. The number of hydrogen-bond donors (Lipinski definition) is 2. The Morgan fingerprint density at radius 1 is 1.14 bits per heavy atom. The summed E-state index contributed by atoms with van der Waals surface area (Å²) in [4.78, 5) is 25.1. The van der Waals surface area contributed by atoms with Gasteiger partial charge in [0.05, 0.1) is 11.4 Å². The van der Waals surface area contributed by atoms with Gasteiger partial charge in [0, 0.05) is 16.6 Å². The molecule has 0 amide bonds. The first-order valence-electron chi connectivity index (χ1n) is 9.18. The fourth-order valence-corrected chi connectivity index (χ4v) is 3.73. The van der Waals surface area contributed by atoms with E-state index in [1.165, 1.54) is 35.8 Å². The molecule has 0 spiro atoms. The molecule has 0 aliphatic heterocycles. The normalized spacial score (nSPS) is 12.5. The van der Waals surface area contributed by atoms with Crippen LogP contribution >= 0.6 is 0 Å². The van der Waals surface area contributed by atoms with Crippen LogP contribution in [0.1, 0.15) is 47.8 Å². The van der Waals surface area contributed by atoms with Crippen molar-refractivity contribution in [3.8, 4) is 5.75 Å². The Balaban J connectivity index is 2.35. The number of phenolic OH excluding ortho intramolecular Hbond substituents is 1. The van der Waals surface area contributed by atoms with E-state index in [0.717, 1.165) is 12.1 Å². The van der Waals surface area contributed by atoms with Gasteiger partial charge in [0.2, 0.25) is 0 Å². The topological polar surface area (TPSA) is 79.5 Å². The van der Waals surface area contributed by atoms with Gasteiger partial charge >= 0.3 is 5.97 Å². The number of carbonyl (C=O) groups is 2. The van der Waals surface area contributed by atoms with Crippen LogP contribution in [0, 0.1) is 24.5 Å². The highest BCUT2D eigenvalue weighted by molar-refractivity contribution is 6.05. The van der Waals surface area contributed by atoms with Crippen LogP contribution in [0.15, 0.2) is 36.4 Å². The lowest BCUT2D eigenvalue weighted by atomic mass is 9.88. The van der Waals surface area contributed by atoms with Crippen LogP contribution < -0.4 is 0 Å². The maximum Gasteiger partial charge on any atom is 0.311 e. The Morgan fingerprint density at radius 2 is 1.83 bits per heavy atom. The minimum atomic E-state index is -1.15. The first kappa shape index (κ1) is 20.5. The zero-order valence-electron chi connectivity index (χ0n) is 16.2. The average molecular weight is 401 g/mol. The van der Waals surface area contributed by atoms with Crippen LogP contribution in [0.5, 0.6) is 5.75 Å². The first-order chi connectivity index (χ1) is 13.6. The number of fused-ring (bicyclic) bond motifs is 1. The fourth-order valence-electron chi connectivity index (χ4n) is 3.73. The van der Waals surface area contributed by atoms with E-state index in [1.54, 1.807) is 0 Å². The zero-order chi connectivity index (χ0) is 21.5. The molecule has 1 heterocycles. The predicted octanol–water partition coefficient (Wildman–Crippen LogP) is 4.84. The molecule has 2 N–H and O–H groups in total. The van der Waals surface area contributed by atoms with Crippen LogP contribution in [-0.2, 0) is 4.79 Å². The Bertz CT molecular complexity index is 1120. The number of carboxylic acids is 1. The minimum Gasteiger partial charge on any atom is -0.505 e. The number of hydrogen-bond acceptors (Lipinski definition) is 3. The molecule has 1 atom stereocenters. The lowest BCUT2D eigenvalue weighted by Gasteiger charge is -2.16. The van der Waals surface area contributed by atoms with E-state index in [4.69, 9.17) is 0 Å². The molecule has 0 fully saturated rings. The molecule has 0 saturated carbocycles. The van der Waals surface area contributed by atoms with Crippen molar-refractivity contribution in [3.05, 3.63) is 64.9 Å². The van der Waals surface area contributed by atoms with Gasteiger partial charge in [-0.05, 0) is 55.2 Å². The Hall–Kier alpha value is -3.22. The summed E-state index contributed by atoms with van der Waals surface area (Å²) in [5.74, 6) is -5.07. The molecule has 0 aliphatic rings. The molecule has 0 bridgehead atoms. The van der Waals surface area contributed by atoms with Crippen molar-refractivity contribution in [3.63, 3.8) is 0 Å². The van der Waals surface area contributed by atoms with Crippen LogP contribution in [0.4, 0.5) is 8.78 Å². The average Bonchev–Trinajstić information content (AvgIpc) is 2.94. The maximum absolute atomic E-state index is 14.9. The van der Waals surface area contributed by atoms with Crippen LogP contribution in [0.2, 0.25) is 0 Å². The van der Waals surface area contributed by atoms with Gasteiger partial charge in [-0.15, -0.1) is 0 Å². The Labute approximate surface area is 166 Å². The van der Waals surface area contributed by atoms with E-state index in [-0.39, 0.29) is 40.1 Å². The molecule has 1 aromatic heterocycles. The van der Waals surface area contributed by atoms with E-state index in [1.807, 2.05) is 13.8 Å². The fraction of sp³-hybridized carbons (Fsp3) is 0.273. The van der Waals surface area contributed by atoms with E-state index < -0.39 is 35.2 Å². The van der Waals surface area contributed by atoms with Gasteiger partial charge < -0.3 is 10.2 Å². The van der Waals surface area contributed by atoms with Crippen LogP contribution in [0.25, 0.3) is 10.9 Å². The number of carbonyl (C=O) groups excluding carboxylic acids is 1. The Morgan fingerprint density at radius 3 is 2.41 bits per heavy atom. The smallest absolute Gasteiger partial charge is 0.311 e. The third kappa shape index (κ3) is 3.60. The molecule has 152 valence electrons. The number of benzene rings is 2. The number of nitrogens with zero attached hydrogens (tertiary/aromatic N) is 1. The zero-order valence-corrected chi connectivity index (χ0v) is 16.2. The minimum absolute atomic E-state index is 0.00630. The molecule has 0 radical (unpaired) electrons. The molecule has 29 heavy (non-hydrogen) atoms. The van der Waals surface area contributed by atoms with Crippen molar-refractivity contribution in [2.45, 2.75) is 33.1 Å². The van der Waals surface area contributed by atoms with E-state index in [2.05, 4.69) is 0 Å². The third-order valence-electron chi connectivity index (χ3n) is 4.96. The highest BCUT2D eigenvalue weighted by atomic mass is 19.1. The number of aromatic hydroxyl groups is 1. The quantitative estimate of drug-likeness (QED) is 0.641. The standard InChI is InChI=1S/C22H21F2NO4/c1-11(2)9-15(22(28)29)18-12(3)25(16-7-8-17(26)20(24)19(16)18)21(27)13-5-4-6-14(23)10-13/h4-8,10-11,15,26H,9H2,1-3H3,(H,28,29)/t15-/m0/s1. The number of phenols is 1. The van der Waals surface area contributed by atoms with Gasteiger partial charge in [-0.3, -0.25) is 14.2 Å². The van der Waals surface area contributed by atoms with E-state index in [0.29, 0.717) is 0 Å². The van der Waals surface area contributed by atoms with Gasteiger partial charge in [-0.1, -0.05) is 19.9 Å². The summed E-state index contributed by atoms with van der Waals surface area (Å²) >= 11 is 0. The molecule has 0 aliphatic carbocycles. The molecule has 7 heteroatoms. The predicted molar refractivity (Wildman–Crippen MR) is 104 cm³/mol. The van der Waals surface area contributed by atoms with Crippen molar-refractivity contribution >= 4 is 22.8 Å². The second-order valence-electron chi connectivity index (χ2n) is 7.46. The lowest BCUT2D eigenvalue weighted by molar-refractivity contribution is -0.139. The number of halogens is 2. The largest absolute Gasteiger partial charge is 0.505 e. The summed E-state index contributed by atoms with van der Waals surface area (Å²) in [7, 11) is 0. The summed E-state index contributed by atoms with van der Waals surface area (Å²) in [6.45, 7) is 5.21. The second kappa shape index (κ2) is 7.66. The summed E-state index contributed by atoms with van der Waals surface area (Å²) in [6.07, 6.45) is 0.221. The number of aromatic nitrogens is 1. The van der Waals surface area contributed by atoms with Crippen molar-refractivity contribution in [1.82, 2.24) is 4.57 Å². The van der Waals surface area contributed by atoms with Crippen molar-refractivity contribution in [1.29, 1.82) is 0 Å². The summed E-state index contributed by atoms with van der Waals surface area (Å²) in [6, 6.07) is 7.53. The van der Waals surface area contributed by atoms with Gasteiger partial charge in [-0.25, -0.2) is 8.78 Å². The molecule has 0 saturated heterocycles. The SMILES string of the molecule is Cc1c([C@H](CC(C)C)C(=O)O)c2c(F)c(O)ccc2n1C(=O)c1cccc(F)c1. The number of carboxylic acid groups (broad SMARTS) is 1. The van der Waals surface area contributed by atoms with Gasteiger partial charge in [0.1, 0.15) is 5.82 Å². The van der Waals surface area contributed by atoms with Crippen molar-refractivity contribution < 1.29 is 28.6 Å². The highest BCUT2D eigenvalue weighted by Crippen LogP contribution is 2.39. The van der Waals surface area contributed by atoms with E-state index >= 15 is 0 Å². The molecule has 5 nitrogen and oxygen atoms in total. The molecule has 2 aromatic carbocycles. The summed E-state index contributed by atoms with van der Waals surface area (Å²) in [5.41, 5.74) is 0.545. The number of rotatable bonds is 5. The summed E-state index contributed by atoms with van der Waals surface area (Å²) < 4.78 is 29.7. The van der Waals surface area contributed by atoms with Crippen molar-refractivity contribution in [2.24, 2.45) is 5.92 Å². The van der Waals surface area contributed by atoms with Crippen LogP contribution in [0.3, 0.4) is 0 Å².